The topological polar surface area (TPSA) is 70.6 Å². The van der Waals surface area contributed by atoms with Gasteiger partial charge in [-0.15, -0.1) is 0 Å². The van der Waals surface area contributed by atoms with Crippen LogP contribution in [0.2, 0.25) is 0 Å². The zero-order valence-electron chi connectivity index (χ0n) is 16.1. The zero-order valence-corrected chi connectivity index (χ0v) is 16.1. The van der Waals surface area contributed by atoms with E-state index in [9.17, 15) is 4.79 Å². The van der Waals surface area contributed by atoms with Crippen LogP contribution in [0, 0.1) is 0 Å². The molecular weight excluding hydrogens is 366 g/mol. The van der Waals surface area contributed by atoms with Crippen LogP contribution in [0.5, 0.6) is 11.5 Å². The Morgan fingerprint density at radius 3 is 2.52 bits per heavy atom. The number of urea groups is 1. The summed E-state index contributed by atoms with van der Waals surface area (Å²) >= 11 is 0. The van der Waals surface area contributed by atoms with Crippen molar-refractivity contribution in [3.8, 4) is 11.5 Å². The van der Waals surface area contributed by atoms with E-state index in [4.69, 9.17) is 4.74 Å². The molecule has 1 fully saturated rings. The van der Waals surface area contributed by atoms with Crippen LogP contribution >= 0.6 is 0 Å². The van der Waals surface area contributed by atoms with Gasteiger partial charge in [0, 0.05) is 45.1 Å². The van der Waals surface area contributed by atoms with Gasteiger partial charge in [0.25, 0.3) is 0 Å². The number of amides is 2. The Labute approximate surface area is 170 Å². The minimum Gasteiger partial charge on any atom is -0.457 e. The van der Waals surface area contributed by atoms with Crippen LogP contribution in [0.25, 0.3) is 0 Å². The molecule has 0 unspecified atom stereocenters. The summed E-state index contributed by atoms with van der Waals surface area (Å²) in [6.07, 6.45) is 4.68. The van der Waals surface area contributed by atoms with Gasteiger partial charge in [0.2, 0.25) is 0 Å². The van der Waals surface area contributed by atoms with Crippen molar-refractivity contribution in [3.63, 3.8) is 0 Å². The molecule has 29 heavy (non-hydrogen) atoms. The lowest BCUT2D eigenvalue weighted by Gasteiger charge is -2.34. The van der Waals surface area contributed by atoms with Crippen molar-refractivity contribution in [2.75, 3.05) is 31.5 Å². The van der Waals surface area contributed by atoms with Crippen molar-refractivity contribution >= 4 is 11.8 Å². The van der Waals surface area contributed by atoms with E-state index in [2.05, 4.69) is 32.3 Å². The van der Waals surface area contributed by atoms with Gasteiger partial charge >= 0.3 is 6.03 Å². The third-order valence-corrected chi connectivity index (χ3v) is 4.74. The molecule has 1 aliphatic heterocycles. The van der Waals surface area contributed by atoms with E-state index < -0.39 is 0 Å². The summed E-state index contributed by atoms with van der Waals surface area (Å²) in [6.45, 7) is 3.81. The number of carbonyl (C=O) groups is 1. The Morgan fingerprint density at radius 1 is 0.966 bits per heavy atom. The van der Waals surface area contributed by atoms with Crippen LogP contribution in [0.15, 0.2) is 73.2 Å². The maximum absolute atomic E-state index is 12.4. The van der Waals surface area contributed by atoms with Crippen molar-refractivity contribution in [2.45, 2.75) is 6.54 Å². The monoisotopic (exact) mass is 389 g/mol. The molecule has 0 radical (unpaired) electrons. The third kappa shape index (κ3) is 5.30. The molecule has 0 saturated carbocycles. The van der Waals surface area contributed by atoms with Crippen molar-refractivity contribution < 1.29 is 9.53 Å². The van der Waals surface area contributed by atoms with Gasteiger partial charge in [-0.1, -0.05) is 30.3 Å². The van der Waals surface area contributed by atoms with Gasteiger partial charge in [-0.2, -0.15) is 0 Å². The molecular formula is C22H23N5O2. The van der Waals surface area contributed by atoms with Crippen LogP contribution in [0.1, 0.15) is 5.56 Å². The second-order valence-electron chi connectivity index (χ2n) is 6.85. The highest BCUT2D eigenvalue weighted by molar-refractivity contribution is 5.88. The fourth-order valence-corrected chi connectivity index (χ4v) is 3.25. The SMILES string of the molecule is O=C(Nc1cnccn1)N1CCN(Cc2cccc(Oc3ccccc3)c2)CC1. The number of anilines is 1. The normalized spacial score (nSPS) is 14.4. The molecule has 1 aromatic heterocycles. The molecule has 2 aromatic carbocycles. The quantitative estimate of drug-likeness (QED) is 0.722. The number of hydrogen-bond acceptors (Lipinski definition) is 5. The van der Waals surface area contributed by atoms with Crippen molar-refractivity contribution in [1.82, 2.24) is 19.8 Å². The summed E-state index contributed by atoms with van der Waals surface area (Å²) in [5.41, 5.74) is 1.19. The number of carbonyl (C=O) groups excluding carboxylic acids is 1. The Kier molecular flexibility index (Phi) is 5.97. The van der Waals surface area contributed by atoms with Gasteiger partial charge in [0.1, 0.15) is 11.5 Å². The first kappa shape index (κ1) is 18.9. The zero-order chi connectivity index (χ0) is 19.9. The average Bonchev–Trinajstić information content (AvgIpc) is 2.76. The number of rotatable bonds is 5. The highest BCUT2D eigenvalue weighted by Crippen LogP contribution is 2.22. The van der Waals surface area contributed by atoms with Gasteiger partial charge < -0.3 is 9.64 Å². The fraction of sp³-hybridized carbons (Fsp3) is 0.227. The molecule has 2 heterocycles. The molecule has 1 saturated heterocycles. The van der Waals surface area contributed by atoms with Gasteiger partial charge in [0.15, 0.2) is 5.82 Å². The van der Waals surface area contributed by atoms with E-state index in [1.807, 2.05) is 42.5 Å². The van der Waals surface area contributed by atoms with Gasteiger partial charge in [0.05, 0.1) is 6.20 Å². The number of ether oxygens (including phenoxy) is 1. The standard InChI is InChI=1S/C22H23N5O2/c28-22(25-21-16-23-9-10-24-21)27-13-11-26(12-14-27)17-18-5-4-8-20(15-18)29-19-6-2-1-3-7-19/h1-10,15-16H,11-14,17H2,(H,24,25,28). The Hall–Kier alpha value is -3.45. The molecule has 1 N–H and O–H groups in total. The lowest BCUT2D eigenvalue weighted by Crippen LogP contribution is -2.49. The number of benzene rings is 2. The Morgan fingerprint density at radius 2 is 1.76 bits per heavy atom. The predicted octanol–water partition coefficient (Wildman–Crippen LogP) is 3.62. The Balaban J connectivity index is 1.28. The first-order chi connectivity index (χ1) is 14.3. The minimum absolute atomic E-state index is 0.136. The maximum Gasteiger partial charge on any atom is 0.323 e. The molecule has 0 bridgehead atoms. The molecule has 7 heteroatoms. The smallest absolute Gasteiger partial charge is 0.323 e. The summed E-state index contributed by atoms with van der Waals surface area (Å²) in [4.78, 5) is 24.5. The third-order valence-electron chi connectivity index (χ3n) is 4.74. The summed E-state index contributed by atoms with van der Waals surface area (Å²) in [7, 11) is 0. The highest BCUT2D eigenvalue weighted by atomic mass is 16.5. The second-order valence-corrected chi connectivity index (χ2v) is 6.85. The number of nitrogens with one attached hydrogen (secondary N) is 1. The maximum atomic E-state index is 12.4. The Bertz CT molecular complexity index is 928. The van der Waals surface area contributed by atoms with Crippen LogP contribution in [0.4, 0.5) is 10.6 Å². The fourth-order valence-electron chi connectivity index (χ4n) is 3.25. The molecule has 7 nitrogen and oxygen atoms in total. The predicted molar refractivity (Wildman–Crippen MR) is 111 cm³/mol. The van der Waals surface area contributed by atoms with Gasteiger partial charge in [-0.3, -0.25) is 15.2 Å². The van der Waals surface area contributed by atoms with Gasteiger partial charge in [-0.05, 0) is 29.8 Å². The van der Waals surface area contributed by atoms with Crippen LogP contribution < -0.4 is 10.1 Å². The lowest BCUT2D eigenvalue weighted by atomic mass is 10.2. The van der Waals surface area contributed by atoms with Crippen LogP contribution in [-0.2, 0) is 6.54 Å². The van der Waals surface area contributed by atoms with E-state index in [-0.39, 0.29) is 6.03 Å². The van der Waals surface area contributed by atoms with Crippen molar-refractivity contribution in [1.29, 1.82) is 0 Å². The molecule has 4 rings (SSSR count). The summed E-state index contributed by atoms with van der Waals surface area (Å²) in [6, 6.07) is 17.8. The van der Waals surface area contributed by atoms with E-state index in [1.54, 1.807) is 23.5 Å². The van der Waals surface area contributed by atoms with Crippen LogP contribution in [-0.4, -0.2) is 52.0 Å². The summed E-state index contributed by atoms with van der Waals surface area (Å²) in [5, 5.41) is 2.79. The van der Waals surface area contributed by atoms with Crippen molar-refractivity contribution in [2.24, 2.45) is 0 Å². The number of piperazine rings is 1. The van der Waals surface area contributed by atoms with E-state index >= 15 is 0 Å². The van der Waals surface area contributed by atoms with Crippen molar-refractivity contribution in [3.05, 3.63) is 78.8 Å². The number of aromatic nitrogens is 2. The van der Waals surface area contributed by atoms with E-state index in [0.29, 0.717) is 18.9 Å². The minimum atomic E-state index is -0.136. The molecule has 0 aliphatic carbocycles. The van der Waals surface area contributed by atoms with Gasteiger partial charge in [-0.25, -0.2) is 9.78 Å². The second kappa shape index (κ2) is 9.16. The average molecular weight is 389 g/mol. The molecule has 0 spiro atoms. The largest absolute Gasteiger partial charge is 0.457 e. The van der Waals surface area contributed by atoms with E-state index in [0.717, 1.165) is 31.1 Å². The lowest BCUT2D eigenvalue weighted by molar-refractivity contribution is 0.143. The first-order valence-electron chi connectivity index (χ1n) is 9.62. The molecule has 0 atom stereocenters. The van der Waals surface area contributed by atoms with E-state index in [1.165, 1.54) is 5.56 Å². The number of para-hydroxylation sites is 1. The molecule has 2 amide bonds. The number of hydrogen-bond donors (Lipinski definition) is 1. The number of nitrogens with zero attached hydrogens (tertiary/aromatic N) is 4. The molecule has 148 valence electrons. The summed E-state index contributed by atoms with van der Waals surface area (Å²) < 4.78 is 5.92. The molecule has 1 aliphatic rings. The highest BCUT2D eigenvalue weighted by Gasteiger charge is 2.21. The van der Waals surface area contributed by atoms with Crippen LogP contribution in [0.3, 0.4) is 0 Å². The first-order valence-corrected chi connectivity index (χ1v) is 9.62. The summed E-state index contributed by atoms with van der Waals surface area (Å²) in [5.74, 6) is 2.12. The molecule has 3 aromatic rings.